The van der Waals surface area contributed by atoms with Crippen LogP contribution in [0.4, 0.5) is 0 Å². The molecule has 0 saturated heterocycles. The van der Waals surface area contributed by atoms with Crippen molar-refractivity contribution in [2.24, 2.45) is 10.7 Å². The largest absolute Gasteiger partial charge is 0.511 e. The van der Waals surface area contributed by atoms with Crippen LogP contribution in [-0.4, -0.2) is 36.6 Å². The normalized spacial score (nSPS) is 20.8. The molecule has 0 aromatic heterocycles. The Morgan fingerprint density at radius 3 is 2.28 bits per heavy atom. The monoisotopic (exact) mass is 367 g/mol. The van der Waals surface area contributed by atoms with Crippen molar-refractivity contribution < 1.29 is 34.5 Å². The van der Waals surface area contributed by atoms with E-state index in [1.54, 1.807) is 19.1 Å². The lowest BCUT2D eigenvalue weighted by molar-refractivity contribution is -0.122. The van der Waals surface area contributed by atoms with E-state index >= 15 is 0 Å². The summed E-state index contributed by atoms with van der Waals surface area (Å²) in [7, 11) is -4.87. The van der Waals surface area contributed by atoms with Gasteiger partial charge in [0.2, 0.25) is 0 Å². The molecule has 0 saturated carbocycles. The lowest BCUT2D eigenvalue weighted by Gasteiger charge is -2.24. The van der Waals surface area contributed by atoms with Crippen molar-refractivity contribution in [1.82, 2.24) is 0 Å². The van der Waals surface area contributed by atoms with Crippen LogP contribution in [0.2, 0.25) is 0 Å². The first-order chi connectivity index (χ1) is 11.6. The van der Waals surface area contributed by atoms with Gasteiger partial charge < -0.3 is 25.1 Å². The van der Waals surface area contributed by atoms with E-state index < -0.39 is 42.6 Å². The lowest BCUT2D eigenvalue weighted by atomic mass is 9.81. The molecule has 0 heterocycles. The summed E-state index contributed by atoms with van der Waals surface area (Å²) in [5.41, 5.74) is 0.167. The Balaban J connectivity index is 2.46. The van der Waals surface area contributed by atoms with Crippen LogP contribution in [0.25, 0.3) is 0 Å². The van der Waals surface area contributed by atoms with Crippen molar-refractivity contribution in [2.45, 2.75) is 19.3 Å². The van der Waals surface area contributed by atoms with Gasteiger partial charge in [-0.25, -0.2) is 4.57 Å². The number of hydrogen-bond acceptors (Lipinski definition) is 5. The predicted molar refractivity (Wildman–Crippen MR) is 90.5 cm³/mol. The van der Waals surface area contributed by atoms with Gasteiger partial charge in [-0.05, 0) is 24.1 Å². The second-order valence-corrected chi connectivity index (χ2v) is 6.79. The molecule has 25 heavy (non-hydrogen) atoms. The van der Waals surface area contributed by atoms with Crippen LogP contribution in [0.15, 0.2) is 52.7 Å². The third-order valence-corrected chi connectivity index (χ3v) is 4.25. The zero-order chi connectivity index (χ0) is 18.8. The molecule has 2 unspecified atom stereocenters. The van der Waals surface area contributed by atoms with Crippen molar-refractivity contribution in [3.63, 3.8) is 0 Å². The average molecular weight is 367 g/mol. The summed E-state index contributed by atoms with van der Waals surface area (Å²) in [5.74, 6) is -3.61. The summed E-state index contributed by atoms with van der Waals surface area (Å²) in [4.78, 5) is 31.0. The number of nitrogens with zero attached hydrogens (tertiary/aromatic N) is 1. The van der Waals surface area contributed by atoms with Crippen LogP contribution < -0.4 is 0 Å². The molecule has 1 aliphatic rings. The first-order valence-corrected chi connectivity index (χ1v) is 8.98. The molecule has 2 rings (SSSR count). The minimum atomic E-state index is -4.87. The maximum atomic E-state index is 12.9. The molecule has 1 aromatic carbocycles. The van der Waals surface area contributed by atoms with Crippen molar-refractivity contribution >= 4 is 19.2 Å². The second kappa shape index (κ2) is 7.23. The van der Waals surface area contributed by atoms with Crippen LogP contribution in [0.5, 0.6) is 5.75 Å². The number of carbonyl (C=O) groups is 1. The van der Waals surface area contributed by atoms with Crippen LogP contribution >= 0.6 is 7.75 Å². The van der Waals surface area contributed by atoms with Crippen LogP contribution in [0, 0.1) is 5.92 Å². The fraction of sp³-hybridized carbons (Fsp3) is 0.250. The SMILES string of the molecule is CCC(C(=O)C1C(O)=CC(O)=C/C1=N\P(=O)(O)O)c1ccc(O)cc1. The number of hydrogen-bond donors (Lipinski definition) is 5. The van der Waals surface area contributed by atoms with E-state index in [1.165, 1.54) is 12.1 Å². The zero-order valence-electron chi connectivity index (χ0n) is 13.3. The predicted octanol–water partition coefficient (Wildman–Crippen LogP) is 2.50. The number of allylic oxidation sites excluding steroid dienone is 3. The number of rotatable bonds is 5. The van der Waals surface area contributed by atoms with E-state index in [1.807, 2.05) is 0 Å². The summed E-state index contributed by atoms with van der Waals surface area (Å²) in [6, 6.07) is 5.94. The van der Waals surface area contributed by atoms with Gasteiger partial charge in [-0.3, -0.25) is 4.79 Å². The highest BCUT2D eigenvalue weighted by molar-refractivity contribution is 7.50. The first kappa shape index (κ1) is 18.9. The van der Waals surface area contributed by atoms with Gasteiger partial charge in [-0.1, -0.05) is 19.1 Å². The number of phenolic OH excluding ortho intramolecular Hbond substituents is 1. The number of aromatic hydroxyl groups is 1. The van der Waals surface area contributed by atoms with E-state index in [0.29, 0.717) is 12.0 Å². The number of aliphatic hydroxyl groups excluding tert-OH is 2. The Kier molecular flexibility index (Phi) is 5.47. The second-order valence-electron chi connectivity index (χ2n) is 5.56. The van der Waals surface area contributed by atoms with Gasteiger partial charge in [-0.2, -0.15) is 4.76 Å². The van der Waals surface area contributed by atoms with Crippen LogP contribution in [0.1, 0.15) is 24.8 Å². The van der Waals surface area contributed by atoms with Crippen molar-refractivity contribution in [3.8, 4) is 5.75 Å². The molecule has 8 nitrogen and oxygen atoms in total. The molecule has 0 fully saturated rings. The van der Waals surface area contributed by atoms with Gasteiger partial charge in [0.1, 0.15) is 23.2 Å². The fourth-order valence-electron chi connectivity index (χ4n) is 2.70. The lowest BCUT2D eigenvalue weighted by Crippen LogP contribution is -2.31. The molecule has 134 valence electrons. The maximum absolute atomic E-state index is 12.9. The Labute approximate surface area is 143 Å². The summed E-state index contributed by atoms with van der Waals surface area (Å²) in [5, 5.41) is 29.0. The third-order valence-electron chi connectivity index (χ3n) is 3.76. The highest BCUT2D eigenvalue weighted by Crippen LogP contribution is 2.39. The summed E-state index contributed by atoms with van der Waals surface area (Å²) in [6.45, 7) is 1.74. The van der Waals surface area contributed by atoms with Gasteiger partial charge in [-0.15, -0.1) is 0 Å². The van der Waals surface area contributed by atoms with Gasteiger partial charge in [0, 0.05) is 18.1 Å². The minimum absolute atomic E-state index is 0.0306. The van der Waals surface area contributed by atoms with Crippen LogP contribution in [0.3, 0.4) is 0 Å². The van der Waals surface area contributed by atoms with E-state index in [4.69, 9.17) is 9.79 Å². The van der Waals surface area contributed by atoms with Gasteiger partial charge in [0.15, 0.2) is 5.78 Å². The van der Waals surface area contributed by atoms with E-state index in [0.717, 1.165) is 12.2 Å². The molecule has 0 bridgehead atoms. The number of ketones is 1. The summed E-state index contributed by atoms with van der Waals surface area (Å²) >= 11 is 0. The Bertz CT molecular complexity index is 804. The molecule has 5 N–H and O–H groups in total. The zero-order valence-corrected chi connectivity index (χ0v) is 14.2. The number of benzene rings is 1. The number of aliphatic hydroxyl groups is 2. The molecule has 9 heteroatoms. The topological polar surface area (TPSA) is 148 Å². The highest BCUT2D eigenvalue weighted by atomic mass is 31.2. The van der Waals surface area contributed by atoms with Gasteiger partial charge in [0.25, 0.3) is 0 Å². The van der Waals surface area contributed by atoms with Crippen molar-refractivity contribution in [3.05, 3.63) is 53.5 Å². The minimum Gasteiger partial charge on any atom is -0.511 e. The molecule has 0 spiro atoms. The van der Waals surface area contributed by atoms with Crippen molar-refractivity contribution in [2.75, 3.05) is 0 Å². The third kappa shape index (κ3) is 4.57. The van der Waals surface area contributed by atoms with Crippen LogP contribution in [-0.2, 0) is 9.36 Å². The smallest absolute Gasteiger partial charge is 0.448 e. The average Bonchev–Trinajstić information content (AvgIpc) is 2.47. The first-order valence-electron chi connectivity index (χ1n) is 7.42. The molecular formula is C16H18NO7P. The Hall–Kier alpha value is -2.41. The quantitative estimate of drug-likeness (QED) is 0.502. The molecular weight excluding hydrogens is 349 g/mol. The summed E-state index contributed by atoms with van der Waals surface area (Å²) in [6.07, 6.45) is 2.22. The molecule has 0 amide bonds. The number of Topliss-reactive ketones (excluding diaryl/α,β-unsaturated/α-hetero) is 1. The Morgan fingerprint density at radius 2 is 1.76 bits per heavy atom. The fourth-order valence-corrected chi connectivity index (χ4v) is 3.17. The van der Waals surface area contributed by atoms with Gasteiger partial charge >= 0.3 is 7.75 Å². The van der Waals surface area contributed by atoms with E-state index in [2.05, 4.69) is 4.76 Å². The molecule has 1 aromatic rings. The van der Waals surface area contributed by atoms with Crippen molar-refractivity contribution in [1.29, 1.82) is 0 Å². The Morgan fingerprint density at radius 1 is 1.16 bits per heavy atom. The number of phenols is 1. The molecule has 1 aliphatic carbocycles. The number of carbonyl (C=O) groups excluding carboxylic acids is 1. The standard InChI is InChI=1S/C16H18NO7P/c1-2-12(9-3-5-10(18)6-4-9)16(21)15-13(17-25(22,23)24)7-11(19)8-14(15)20/h3-8,12,15,18-20H,2H2,1H3,(H2,22,23,24)/b17-13+. The van der Waals surface area contributed by atoms with E-state index in [9.17, 15) is 24.7 Å². The highest BCUT2D eigenvalue weighted by Gasteiger charge is 2.36. The molecule has 0 aliphatic heterocycles. The summed E-state index contributed by atoms with van der Waals surface area (Å²) < 4.78 is 14.4. The van der Waals surface area contributed by atoms with E-state index in [-0.39, 0.29) is 5.75 Å². The molecule has 0 radical (unpaired) electrons. The molecule has 2 atom stereocenters. The maximum Gasteiger partial charge on any atom is 0.448 e. The van der Waals surface area contributed by atoms with Gasteiger partial charge in [0.05, 0.1) is 5.71 Å².